The summed E-state index contributed by atoms with van der Waals surface area (Å²) in [5.74, 6) is -5.35. The number of hydrogen-bond donors (Lipinski definition) is 6. The maximum atomic E-state index is 14.4. The number of phenolic OH excluding ortho intramolecular Hbond substituents is 1. The first-order valence-electron chi connectivity index (χ1n) is 14.4. The highest BCUT2D eigenvalue weighted by atomic mass is 16.3. The number of nitrogens with two attached hydrogens (primary N) is 2. The van der Waals surface area contributed by atoms with Gasteiger partial charge in [0.2, 0.25) is 11.3 Å². The number of anilines is 1. The van der Waals surface area contributed by atoms with Crippen LogP contribution < -0.4 is 21.7 Å². The van der Waals surface area contributed by atoms with Gasteiger partial charge in [-0.15, -0.1) is 4.91 Å². The first-order chi connectivity index (χ1) is 21.0. The molecule has 0 saturated heterocycles. The lowest BCUT2D eigenvalue weighted by molar-refractivity contribution is -0.129. The van der Waals surface area contributed by atoms with Crippen molar-refractivity contribution in [2.24, 2.45) is 22.6 Å². The maximum Gasteiger partial charge on any atom is 0.255 e. The summed E-state index contributed by atoms with van der Waals surface area (Å²) >= 11 is 0. The van der Waals surface area contributed by atoms with Crippen molar-refractivity contribution in [3.63, 3.8) is 0 Å². The predicted molar refractivity (Wildman–Crippen MR) is 164 cm³/mol. The van der Waals surface area contributed by atoms with Gasteiger partial charge in [0.05, 0.1) is 29.3 Å². The summed E-state index contributed by atoms with van der Waals surface area (Å²) in [5, 5.41) is 40.5. The number of furan rings is 1. The Morgan fingerprint density at radius 2 is 1.80 bits per heavy atom. The number of likely N-dealkylation sites (N-methyl/N-ethyl adjacent to an activating group) is 1. The lowest BCUT2D eigenvalue weighted by Crippen LogP contribution is -2.67. The van der Waals surface area contributed by atoms with Gasteiger partial charge in [0, 0.05) is 37.8 Å². The molecule has 240 valence electrons. The molecule has 3 aliphatic carbocycles. The van der Waals surface area contributed by atoms with Crippen LogP contribution >= 0.6 is 0 Å². The lowest BCUT2D eigenvalue weighted by Gasteiger charge is -2.52. The third kappa shape index (κ3) is 4.54. The fourth-order valence-corrected chi connectivity index (χ4v) is 7.20. The van der Waals surface area contributed by atoms with Crippen LogP contribution in [-0.4, -0.2) is 83.0 Å². The summed E-state index contributed by atoms with van der Waals surface area (Å²) in [7, 11) is 6.62. The Balaban J connectivity index is 1.67. The fourth-order valence-electron chi connectivity index (χ4n) is 7.20. The Labute approximate surface area is 259 Å². The van der Waals surface area contributed by atoms with E-state index in [4.69, 9.17) is 15.9 Å². The van der Waals surface area contributed by atoms with Crippen molar-refractivity contribution in [3.05, 3.63) is 73.5 Å². The number of amides is 1. The fraction of sp³-hybridized carbons (Fsp3) is 0.452. The van der Waals surface area contributed by atoms with E-state index >= 15 is 0 Å². The first-order valence-corrected chi connectivity index (χ1v) is 14.4. The predicted octanol–water partition coefficient (Wildman–Crippen LogP) is 1.54. The van der Waals surface area contributed by atoms with Crippen molar-refractivity contribution >= 4 is 23.2 Å². The molecule has 0 spiro atoms. The number of nitroso groups, excluding NO2 is 1. The SMILES string of the molecule is Cc1cc(CNCc2cc(N(C)C)c3c(c2O)C(=O)C2=C(O)[C@]4(N=O)C(=O)C(C(N)=O)=C(O)C(N(C)C)[C@@H]4C[C@]2(N)C3)oc1C. The highest BCUT2D eigenvalue weighted by Crippen LogP contribution is 2.55. The number of rotatable bonds is 8. The average Bonchev–Trinajstić information content (AvgIpc) is 3.25. The van der Waals surface area contributed by atoms with Gasteiger partial charge in [-0.25, -0.2) is 0 Å². The number of nitrogens with zero attached hydrogens (tertiary/aromatic N) is 3. The van der Waals surface area contributed by atoms with E-state index in [9.17, 15) is 34.6 Å². The van der Waals surface area contributed by atoms with Gasteiger partial charge in [-0.2, -0.15) is 0 Å². The molecule has 0 bridgehead atoms. The Morgan fingerprint density at radius 1 is 1.13 bits per heavy atom. The molecule has 2 aromatic rings. The molecule has 4 atom stereocenters. The summed E-state index contributed by atoms with van der Waals surface area (Å²) in [5.41, 5.74) is 8.93. The van der Waals surface area contributed by atoms with E-state index in [1.54, 1.807) is 25.1 Å². The summed E-state index contributed by atoms with van der Waals surface area (Å²) in [6.45, 7) is 4.28. The van der Waals surface area contributed by atoms with Gasteiger partial charge < -0.3 is 41.4 Å². The Bertz CT molecular complexity index is 1700. The molecule has 0 saturated carbocycles. The second-order valence-corrected chi connectivity index (χ2v) is 12.6. The Kier molecular flexibility index (Phi) is 7.67. The third-order valence-electron chi connectivity index (χ3n) is 9.38. The van der Waals surface area contributed by atoms with E-state index in [-0.39, 0.29) is 30.7 Å². The number of nitrogens with one attached hydrogen (secondary N) is 1. The van der Waals surface area contributed by atoms with Crippen LogP contribution in [0.15, 0.2) is 44.4 Å². The first kappa shape index (κ1) is 31.9. The normalized spacial score (nSPS) is 26.1. The number of hydrogen-bond acceptors (Lipinski definition) is 13. The zero-order chi connectivity index (χ0) is 33.3. The van der Waals surface area contributed by atoms with Gasteiger partial charge in [-0.05, 0) is 69.2 Å². The molecule has 0 aliphatic heterocycles. The number of primary amides is 1. The van der Waals surface area contributed by atoms with Crippen molar-refractivity contribution in [1.82, 2.24) is 10.2 Å². The monoisotopic (exact) mass is 622 g/mol. The van der Waals surface area contributed by atoms with Crippen molar-refractivity contribution in [3.8, 4) is 5.75 Å². The van der Waals surface area contributed by atoms with Crippen LogP contribution in [0.5, 0.6) is 5.75 Å². The van der Waals surface area contributed by atoms with E-state index in [2.05, 4.69) is 10.5 Å². The van der Waals surface area contributed by atoms with Crippen molar-refractivity contribution in [2.45, 2.75) is 56.9 Å². The molecule has 45 heavy (non-hydrogen) atoms. The quantitative estimate of drug-likeness (QED) is 0.182. The molecular weight excluding hydrogens is 584 g/mol. The molecule has 14 nitrogen and oxygen atoms in total. The molecule has 8 N–H and O–H groups in total. The second kappa shape index (κ2) is 10.8. The molecule has 5 rings (SSSR count). The van der Waals surface area contributed by atoms with Crippen LogP contribution in [0.25, 0.3) is 0 Å². The number of aryl methyl sites for hydroxylation is 2. The smallest absolute Gasteiger partial charge is 0.255 e. The summed E-state index contributed by atoms with van der Waals surface area (Å²) < 4.78 is 5.71. The number of carbonyl (C=O) groups is 3. The molecular formula is C31H38N6O8. The molecule has 1 unspecified atom stereocenters. The van der Waals surface area contributed by atoms with Crippen LogP contribution in [0.1, 0.15) is 45.0 Å². The number of aromatic hydroxyl groups is 1. The number of carbonyl (C=O) groups excluding carboxylic acids is 3. The van der Waals surface area contributed by atoms with Crippen LogP contribution in [0, 0.1) is 24.7 Å². The summed E-state index contributed by atoms with van der Waals surface area (Å²) in [6, 6.07) is 2.46. The van der Waals surface area contributed by atoms with Crippen molar-refractivity contribution in [2.75, 3.05) is 33.1 Å². The number of benzene rings is 1. The standard InChI is InChI=1S/C31H38N6O8/c1-13-7-16(45-14(13)2)12-34-11-15-8-19(36(3)4)17-9-30(33)10-18-23(37(5)6)26(40)21(29(32)43)27(41)31(18,35-44)28(42)22(30)25(39)20(17)24(15)38/h7-8,18,23,34,38,40,42H,9-12,33H2,1-6H3,(H2,32,43)/t18-,23?,30+,31+/m0/s1. The lowest BCUT2D eigenvalue weighted by atomic mass is 9.55. The van der Waals surface area contributed by atoms with Gasteiger partial charge in [0.15, 0.2) is 5.78 Å². The minimum atomic E-state index is -2.67. The molecule has 1 heterocycles. The molecule has 14 heteroatoms. The molecule has 1 amide bonds. The molecule has 3 aliphatic rings. The molecule has 0 radical (unpaired) electrons. The Morgan fingerprint density at radius 3 is 2.33 bits per heavy atom. The van der Waals surface area contributed by atoms with Crippen molar-refractivity contribution in [1.29, 1.82) is 0 Å². The highest BCUT2D eigenvalue weighted by Gasteiger charge is 2.68. The van der Waals surface area contributed by atoms with Gasteiger partial charge in [-0.3, -0.25) is 19.3 Å². The van der Waals surface area contributed by atoms with Crippen LogP contribution in [0.2, 0.25) is 0 Å². The number of fused-ring (bicyclic) bond motifs is 3. The molecule has 1 aromatic heterocycles. The minimum absolute atomic E-state index is 0.0693. The van der Waals surface area contributed by atoms with Gasteiger partial charge >= 0.3 is 0 Å². The summed E-state index contributed by atoms with van der Waals surface area (Å²) in [6.07, 6.45) is -0.326. The number of Topliss-reactive ketones (excluding diaryl/α,β-unsaturated/α-hetero) is 2. The van der Waals surface area contributed by atoms with E-state index in [0.29, 0.717) is 29.1 Å². The van der Waals surface area contributed by atoms with E-state index in [0.717, 1.165) is 11.3 Å². The number of aliphatic hydroxyl groups excluding tert-OH is 2. The van der Waals surface area contributed by atoms with Crippen LogP contribution in [-0.2, 0) is 29.1 Å². The van der Waals surface area contributed by atoms with Gasteiger partial charge in [0.1, 0.15) is 34.4 Å². The van der Waals surface area contributed by atoms with E-state index in [1.807, 2.05) is 19.9 Å². The van der Waals surface area contributed by atoms with Gasteiger partial charge in [-0.1, -0.05) is 0 Å². The maximum absolute atomic E-state index is 14.4. The zero-order valence-electron chi connectivity index (χ0n) is 26.0. The molecule has 1 aromatic carbocycles. The Hall–Kier alpha value is -4.53. The number of ketones is 2. The molecule has 0 fully saturated rings. The minimum Gasteiger partial charge on any atom is -0.510 e. The third-order valence-corrected chi connectivity index (χ3v) is 9.38. The highest BCUT2D eigenvalue weighted by molar-refractivity contribution is 6.25. The van der Waals surface area contributed by atoms with E-state index < -0.39 is 63.2 Å². The topological polar surface area (TPSA) is 225 Å². The zero-order valence-corrected chi connectivity index (χ0v) is 26.0. The van der Waals surface area contributed by atoms with Crippen LogP contribution in [0.4, 0.5) is 5.69 Å². The number of phenols is 1. The van der Waals surface area contributed by atoms with Crippen molar-refractivity contribution < 1.29 is 34.1 Å². The number of aliphatic hydroxyl groups is 2. The average molecular weight is 623 g/mol. The largest absolute Gasteiger partial charge is 0.510 e. The van der Waals surface area contributed by atoms with E-state index in [1.165, 1.54) is 19.0 Å². The van der Waals surface area contributed by atoms with Gasteiger partial charge in [0.25, 0.3) is 5.91 Å². The van der Waals surface area contributed by atoms with Crippen LogP contribution in [0.3, 0.4) is 0 Å². The second-order valence-electron chi connectivity index (χ2n) is 12.6. The summed E-state index contributed by atoms with van der Waals surface area (Å²) in [4.78, 5) is 56.3.